The first kappa shape index (κ1) is 7.68. The number of rotatable bonds is 2. The van der Waals surface area contributed by atoms with Gasteiger partial charge in [0.25, 0.3) is 0 Å². The molecule has 10 heavy (non-hydrogen) atoms. The molecule has 0 unspecified atom stereocenters. The van der Waals surface area contributed by atoms with Crippen LogP contribution in [0.4, 0.5) is 0 Å². The molecule has 0 radical (unpaired) electrons. The maximum atomic E-state index is 10.7. The zero-order valence-corrected chi connectivity index (χ0v) is 7.08. The van der Waals surface area contributed by atoms with Crippen LogP contribution in [-0.2, 0) is 15.6 Å². The Morgan fingerprint density at radius 3 is 2.80 bits per heavy atom. The number of nitrogens with zero attached hydrogens (tertiary/aromatic N) is 1. The molecule has 1 heterocycles. The van der Waals surface area contributed by atoms with Crippen LogP contribution in [0.3, 0.4) is 0 Å². The summed E-state index contributed by atoms with van der Waals surface area (Å²) in [5.41, 5.74) is 0.632. The molecular formula is C5H7NO2S2. The van der Waals surface area contributed by atoms with E-state index in [0.717, 1.165) is 0 Å². The van der Waals surface area contributed by atoms with E-state index in [9.17, 15) is 8.42 Å². The van der Waals surface area contributed by atoms with Crippen LogP contribution < -0.4 is 0 Å². The molecule has 0 aromatic carbocycles. The van der Waals surface area contributed by atoms with Crippen molar-refractivity contribution in [3.05, 3.63) is 17.1 Å². The average molecular weight is 177 g/mol. The lowest BCUT2D eigenvalue weighted by molar-refractivity contribution is 0.600. The van der Waals surface area contributed by atoms with Gasteiger partial charge in [0.2, 0.25) is 0 Å². The summed E-state index contributed by atoms with van der Waals surface area (Å²) in [7, 11) is -2.90. The Bertz CT molecular complexity index is 287. The Kier molecular flexibility index (Phi) is 2.05. The van der Waals surface area contributed by atoms with Gasteiger partial charge in [-0.05, 0) is 17.6 Å². The highest BCUT2D eigenvalue weighted by molar-refractivity contribution is 7.89. The van der Waals surface area contributed by atoms with Gasteiger partial charge in [-0.2, -0.15) is 4.37 Å². The van der Waals surface area contributed by atoms with Gasteiger partial charge >= 0.3 is 0 Å². The number of aromatic nitrogens is 1. The molecule has 0 fully saturated rings. The normalized spacial score (nSPS) is 11.7. The number of sulfone groups is 1. The number of hydrogen-bond acceptors (Lipinski definition) is 4. The lowest BCUT2D eigenvalue weighted by Crippen LogP contribution is -2.00. The molecule has 56 valence electrons. The maximum absolute atomic E-state index is 10.7. The van der Waals surface area contributed by atoms with E-state index in [4.69, 9.17) is 0 Å². The summed E-state index contributed by atoms with van der Waals surface area (Å²) >= 11 is 1.27. The van der Waals surface area contributed by atoms with E-state index < -0.39 is 9.84 Å². The quantitative estimate of drug-likeness (QED) is 0.667. The SMILES string of the molecule is CS(=O)(=O)Cc1ccsn1. The zero-order valence-electron chi connectivity index (χ0n) is 5.44. The fourth-order valence-corrected chi connectivity index (χ4v) is 1.90. The van der Waals surface area contributed by atoms with E-state index in [-0.39, 0.29) is 5.75 Å². The van der Waals surface area contributed by atoms with Crippen LogP contribution in [0.1, 0.15) is 5.69 Å². The van der Waals surface area contributed by atoms with Crippen LogP contribution in [-0.4, -0.2) is 19.0 Å². The Hall–Kier alpha value is -0.420. The highest BCUT2D eigenvalue weighted by Crippen LogP contribution is 2.03. The Labute approximate surface area is 63.8 Å². The van der Waals surface area contributed by atoms with Crippen molar-refractivity contribution in [2.24, 2.45) is 0 Å². The van der Waals surface area contributed by atoms with Crippen LogP contribution in [0.15, 0.2) is 11.4 Å². The summed E-state index contributed by atoms with van der Waals surface area (Å²) in [6.45, 7) is 0. The van der Waals surface area contributed by atoms with E-state index >= 15 is 0 Å². The van der Waals surface area contributed by atoms with Crippen LogP contribution in [0.5, 0.6) is 0 Å². The second kappa shape index (κ2) is 2.67. The fraction of sp³-hybridized carbons (Fsp3) is 0.400. The molecule has 1 aromatic rings. The van der Waals surface area contributed by atoms with E-state index in [1.54, 1.807) is 11.4 Å². The van der Waals surface area contributed by atoms with Crippen LogP contribution >= 0.6 is 11.5 Å². The molecule has 0 aliphatic rings. The smallest absolute Gasteiger partial charge is 0.153 e. The van der Waals surface area contributed by atoms with Crippen molar-refractivity contribution in [1.29, 1.82) is 0 Å². The molecule has 0 atom stereocenters. The van der Waals surface area contributed by atoms with Gasteiger partial charge in [-0.25, -0.2) is 8.42 Å². The third-order valence-corrected chi connectivity index (χ3v) is 2.32. The molecule has 0 bridgehead atoms. The van der Waals surface area contributed by atoms with Gasteiger partial charge in [0.15, 0.2) is 9.84 Å². The monoisotopic (exact) mass is 177 g/mol. The average Bonchev–Trinajstić information content (AvgIpc) is 2.12. The van der Waals surface area contributed by atoms with Crippen molar-refractivity contribution in [2.45, 2.75) is 5.75 Å². The molecule has 0 aliphatic carbocycles. The minimum Gasteiger partial charge on any atom is -0.229 e. The van der Waals surface area contributed by atoms with Crippen LogP contribution in [0.2, 0.25) is 0 Å². The molecule has 0 saturated heterocycles. The molecule has 0 spiro atoms. The Morgan fingerprint density at radius 2 is 2.40 bits per heavy atom. The van der Waals surface area contributed by atoms with Crippen molar-refractivity contribution < 1.29 is 8.42 Å². The predicted molar refractivity (Wildman–Crippen MR) is 40.7 cm³/mol. The Morgan fingerprint density at radius 1 is 1.70 bits per heavy atom. The maximum Gasteiger partial charge on any atom is 0.153 e. The summed E-state index contributed by atoms with van der Waals surface area (Å²) in [6, 6.07) is 1.71. The molecule has 0 aliphatic heterocycles. The summed E-state index contributed by atoms with van der Waals surface area (Å²) in [5, 5.41) is 1.76. The second-order valence-corrected chi connectivity index (χ2v) is 4.87. The number of hydrogen-bond donors (Lipinski definition) is 0. The summed E-state index contributed by atoms with van der Waals surface area (Å²) in [5.74, 6) is 0.0521. The van der Waals surface area contributed by atoms with Gasteiger partial charge in [-0.1, -0.05) is 0 Å². The molecular weight excluding hydrogens is 170 g/mol. The van der Waals surface area contributed by atoms with Gasteiger partial charge in [0.1, 0.15) is 0 Å². The summed E-state index contributed by atoms with van der Waals surface area (Å²) in [4.78, 5) is 0. The van der Waals surface area contributed by atoms with E-state index in [1.165, 1.54) is 17.8 Å². The minimum absolute atomic E-state index is 0.0521. The van der Waals surface area contributed by atoms with Crippen LogP contribution in [0, 0.1) is 0 Å². The van der Waals surface area contributed by atoms with Gasteiger partial charge in [0.05, 0.1) is 11.4 Å². The standard InChI is InChI=1S/C5H7NO2S2/c1-10(7,8)4-5-2-3-9-6-5/h2-3H,4H2,1H3. The molecule has 0 N–H and O–H groups in total. The molecule has 3 nitrogen and oxygen atoms in total. The van der Waals surface area contributed by atoms with Gasteiger partial charge in [-0.15, -0.1) is 0 Å². The third-order valence-electron chi connectivity index (χ3n) is 0.901. The van der Waals surface area contributed by atoms with Crippen molar-refractivity contribution in [2.75, 3.05) is 6.26 Å². The van der Waals surface area contributed by atoms with E-state index in [0.29, 0.717) is 5.69 Å². The van der Waals surface area contributed by atoms with Gasteiger partial charge in [0, 0.05) is 11.6 Å². The molecule has 0 amide bonds. The first-order chi connectivity index (χ1) is 4.58. The third kappa shape index (κ3) is 2.45. The van der Waals surface area contributed by atoms with Gasteiger partial charge < -0.3 is 0 Å². The molecule has 1 rings (SSSR count). The lowest BCUT2D eigenvalue weighted by Gasteiger charge is -1.89. The first-order valence-electron chi connectivity index (χ1n) is 2.65. The highest BCUT2D eigenvalue weighted by atomic mass is 32.2. The zero-order chi connectivity index (χ0) is 7.61. The van der Waals surface area contributed by atoms with Crippen molar-refractivity contribution in [1.82, 2.24) is 4.37 Å². The van der Waals surface area contributed by atoms with Crippen molar-refractivity contribution >= 4 is 21.4 Å². The largest absolute Gasteiger partial charge is 0.229 e. The Balaban J connectivity index is 2.75. The van der Waals surface area contributed by atoms with Gasteiger partial charge in [-0.3, -0.25) is 0 Å². The van der Waals surface area contributed by atoms with E-state index in [1.807, 2.05) is 0 Å². The molecule has 5 heteroatoms. The van der Waals surface area contributed by atoms with Crippen molar-refractivity contribution in [3.8, 4) is 0 Å². The molecule has 1 aromatic heterocycles. The molecule has 0 saturated carbocycles. The highest BCUT2D eigenvalue weighted by Gasteiger charge is 2.04. The summed E-state index contributed by atoms with van der Waals surface area (Å²) in [6.07, 6.45) is 1.20. The summed E-state index contributed by atoms with van der Waals surface area (Å²) < 4.78 is 25.2. The minimum atomic E-state index is -2.90. The first-order valence-corrected chi connectivity index (χ1v) is 5.54. The fourth-order valence-electron chi connectivity index (χ4n) is 0.581. The lowest BCUT2D eigenvalue weighted by atomic mass is 10.5. The topological polar surface area (TPSA) is 47.0 Å². The second-order valence-electron chi connectivity index (χ2n) is 2.06. The van der Waals surface area contributed by atoms with Crippen molar-refractivity contribution in [3.63, 3.8) is 0 Å². The van der Waals surface area contributed by atoms with E-state index in [2.05, 4.69) is 4.37 Å². The van der Waals surface area contributed by atoms with Crippen LogP contribution in [0.25, 0.3) is 0 Å². The predicted octanol–water partition coefficient (Wildman–Crippen LogP) is 0.688.